The molecule has 0 aliphatic heterocycles. The monoisotopic (exact) mass is 426 g/mol. The fourth-order valence-corrected chi connectivity index (χ4v) is 4.50. The molecule has 0 amide bonds. The zero-order valence-electron chi connectivity index (χ0n) is 14.5. The third kappa shape index (κ3) is 4.42. The molecule has 0 aliphatic rings. The summed E-state index contributed by atoms with van der Waals surface area (Å²) in [5, 5.41) is 20.7. The van der Waals surface area contributed by atoms with Crippen LogP contribution >= 0.6 is 23.2 Å². The highest BCUT2D eigenvalue weighted by Gasteiger charge is 2.20. The Bertz CT molecular complexity index is 1010. The van der Waals surface area contributed by atoms with Gasteiger partial charge in [-0.2, -0.15) is 10.3 Å². The molecule has 0 fully saturated rings. The average molecular weight is 427 g/mol. The summed E-state index contributed by atoms with van der Waals surface area (Å²) >= 11 is 12.7. The largest absolute Gasteiger partial charge is 0.268 e. The first-order chi connectivity index (χ1) is 12.9. The summed E-state index contributed by atoms with van der Waals surface area (Å²) < 4.78 is 13.0. The van der Waals surface area contributed by atoms with E-state index in [-0.39, 0.29) is 31.4 Å². The van der Waals surface area contributed by atoms with Gasteiger partial charge in [-0.3, -0.25) is 4.79 Å². The average Bonchev–Trinajstić information content (AvgIpc) is 3.13. The van der Waals surface area contributed by atoms with Crippen molar-refractivity contribution in [3.63, 3.8) is 0 Å². The van der Waals surface area contributed by atoms with Crippen LogP contribution in [0.4, 0.5) is 0 Å². The number of H-pyrrole nitrogens is 2. The lowest BCUT2D eigenvalue weighted by molar-refractivity contribution is 0.675. The Hall–Kier alpha value is -2.10. The third-order valence-corrected chi connectivity index (χ3v) is 6.11. The van der Waals surface area contributed by atoms with E-state index in [1.807, 2.05) is 13.8 Å². The van der Waals surface area contributed by atoms with Gasteiger partial charge in [0.05, 0.1) is 14.9 Å². The Morgan fingerprint density at radius 3 is 2.41 bits per heavy atom. The van der Waals surface area contributed by atoms with Crippen molar-refractivity contribution in [1.82, 2.24) is 30.8 Å². The molecule has 0 radical (unpaired) electrons. The number of aromatic nitrogens is 6. The van der Waals surface area contributed by atoms with Gasteiger partial charge in [0.1, 0.15) is 10.8 Å². The van der Waals surface area contributed by atoms with Gasteiger partial charge < -0.3 is 0 Å². The van der Waals surface area contributed by atoms with Crippen LogP contribution in [0.3, 0.4) is 0 Å². The molecule has 1 atom stereocenters. The minimum absolute atomic E-state index is 0.0361. The SMILES string of the molecule is CC(C)c1cc(S(=O)c2c(Cl)cc(CCc3nn[nH]n3)cc2Cl)n[nH]c1=O. The van der Waals surface area contributed by atoms with Gasteiger partial charge in [0, 0.05) is 12.0 Å². The lowest BCUT2D eigenvalue weighted by atomic mass is 10.1. The minimum Gasteiger partial charge on any atom is -0.268 e. The molecular weight excluding hydrogens is 411 g/mol. The van der Waals surface area contributed by atoms with Crippen LogP contribution < -0.4 is 5.56 Å². The lowest BCUT2D eigenvalue weighted by Gasteiger charge is -2.10. The van der Waals surface area contributed by atoms with Gasteiger partial charge in [-0.25, -0.2) is 9.31 Å². The first-order valence-electron chi connectivity index (χ1n) is 8.08. The van der Waals surface area contributed by atoms with E-state index in [9.17, 15) is 9.00 Å². The summed E-state index contributed by atoms with van der Waals surface area (Å²) in [6.07, 6.45) is 1.16. The summed E-state index contributed by atoms with van der Waals surface area (Å²) in [6.45, 7) is 3.74. The summed E-state index contributed by atoms with van der Waals surface area (Å²) in [5.41, 5.74) is 1.05. The maximum absolute atomic E-state index is 13.0. The van der Waals surface area contributed by atoms with Crippen molar-refractivity contribution in [3.05, 3.63) is 55.5 Å². The van der Waals surface area contributed by atoms with Gasteiger partial charge in [0.2, 0.25) is 0 Å². The van der Waals surface area contributed by atoms with Crippen molar-refractivity contribution >= 4 is 34.0 Å². The first-order valence-corrected chi connectivity index (χ1v) is 9.99. The van der Waals surface area contributed by atoms with E-state index in [1.165, 1.54) is 6.07 Å². The number of halogens is 2. The maximum atomic E-state index is 13.0. The third-order valence-electron chi connectivity index (χ3n) is 3.89. The van der Waals surface area contributed by atoms with Crippen molar-refractivity contribution in [2.45, 2.75) is 42.5 Å². The molecule has 0 aliphatic carbocycles. The van der Waals surface area contributed by atoms with Crippen LogP contribution in [-0.4, -0.2) is 35.0 Å². The van der Waals surface area contributed by atoms with Gasteiger partial charge in [0.15, 0.2) is 10.9 Å². The van der Waals surface area contributed by atoms with Gasteiger partial charge >= 0.3 is 0 Å². The predicted octanol–water partition coefficient (Wildman–Crippen LogP) is 2.67. The van der Waals surface area contributed by atoms with Gasteiger partial charge in [-0.05, 0) is 36.1 Å². The summed E-state index contributed by atoms with van der Waals surface area (Å²) in [6, 6.07) is 4.93. The highest BCUT2D eigenvalue weighted by atomic mass is 35.5. The maximum Gasteiger partial charge on any atom is 0.267 e. The smallest absolute Gasteiger partial charge is 0.267 e. The topological polar surface area (TPSA) is 117 Å². The highest BCUT2D eigenvalue weighted by molar-refractivity contribution is 7.85. The molecular formula is C16H16Cl2N6O2S. The van der Waals surface area contributed by atoms with Crippen molar-refractivity contribution < 1.29 is 4.21 Å². The standard InChI is InChI=1S/C16H16Cl2N6O2S/c1-8(2)10-7-14(21-22-16(10)25)27(26)15-11(17)5-9(6-12(15)18)3-4-13-19-23-24-20-13/h5-8H,3-4H2,1-2H3,(H,22,25)(H,19,20,23,24). The number of hydrogen-bond acceptors (Lipinski definition) is 6. The van der Waals surface area contributed by atoms with E-state index in [4.69, 9.17) is 23.2 Å². The molecule has 2 aromatic heterocycles. The summed E-state index contributed by atoms with van der Waals surface area (Å²) in [7, 11) is -1.73. The Balaban J connectivity index is 1.89. The molecule has 142 valence electrons. The van der Waals surface area contributed by atoms with E-state index in [2.05, 4.69) is 30.8 Å². The fourth-order valence-electron chi connectivity index (χ4n) is 2.51. The number of hydrogen-bond donors (Lipinski definition) is 2. The van der Waals surface area contributed by atoms with E-state index in [0.717, 1.165) is 5.56 Å². The minimum atomic E-state index is -1.73. The van der Waals surface area contributed by atoms with Gasteiger partial charge in [-0.1, -0.05) is 42.3 Å². The van der Waals surface area contributed by atoms with E-state index in [0.29, 0.717) is 24.2 Å². The Kier molecular flexibility index (Phi) is 6.03. The van der Waals surface area contributed by atoms with Crippen LogP contribution in [-0.2, 0) is 23.6 Å². The zero-order valence-corrected chi connectivity index (χ0v) is 16.8. The molecule has 2 heterocycles. The predicted molar refractivity (Wildman–Crippen MR) is 102 cm³/mol. The van der Waals surface area contributed by atoms with Gasteiger partial charge in [0.25, 0.3) is 5.56 Å². The molecule has 3 aromatic rings. The molecule has 8 nitrogen and oxygen atoms in total. The molecule has 11 heteroatoms. The number of benzene rings is 1. The van der Waals surface area contributed by atoms with Crippen LogP contribution in [0.1, 0.15) is 36.7 Å². The van der Waals surface area contributed by atoms with Crippen LogP contribution in [0, 0.1) is 0 Å². The number of nitrogens with zero attached hydrogens (tertiary/aromatic N) is 4. The number of tetrazole rings is 1. The van der Waals surface area contributed by atoms with Crippen LogP contribution in [0.15, 0.2) is 32.9 Å². The molecule has 0 saturated carbocycles. The van der Waals surface area contributed by atoms with Crippen molar-refractivity contribution in [1.29, 1.82) is 0 Å². The van der Waals surface area contributed by atoms with Crippen LogP contribution in [0.25, 0.3) is 0 Å². The molecule has 3 rings (SSSR count). The quantitative estimate of drug-likeness (QED) is 0.625. The first kappa shape index (κ1) is 19.7. The second-order valence-corrected chi connectivity index (χ2v) is 8.31. The number of nitrogens with one attached hydrogen (secondary N) is 2. The number of rotatable bonds is 6. The molecule has 2 N–H and O–H groups in total. The molecule has 0 spiro atoms. The number of aryl methyl sites for hydroxylation is 2. The lowest BCUT2D eigenvalue weighted by Crippen LogP contribution is -2.17. The van der Waals surface area contributed by atoms with E-state index >= 15 is 0 Å². The summed E-state index contributed by atoms with van der Waals surface area (Å²) in [5.74, 6) is 0.541. The normalized spacial score (nSPS) is 12.5. The van der Waals surface area contributed by atoms with E-state index < -0.39 is 10.8 Å². The summed E-state index contributed by atoms with van der Waals surface area (Å²) in [4.78, 5) is 12.1. The molecule has 1 unspecified atom stereocenters. The van der Waals surface area contributed by atoms with Crippen LogP contribution in [0.5, 0.6) is 0 Å². The van der Waals surface area contributed by atoms with Crippen LogP contribution in [0.2, 0.25) is 10.0 Å². The second kappa shape index (κ2) is 8.28. The van der Waals surface area contributed by atoms with Crippen molar-refractivity contribution in [2.24, 2.45) is 0 Å². The zero-order chi connectivity index (χ0) is 19.6. The number of aromatic amines is 2. The Labute approximate surface area is 167 Å². The highest BCUT2D eigenvalue weighted by Crippen LogP contribution is 2.32. The van der Waals surface area contributed by atoms with Crippen molar-refractivity contribution in [3.8, 4) is 0 Å². The van der Waals surface area contributed by atoms with E-state index in [1.54, 1.807) is 12.1 Å². The molecule has 0 saturated heterocycles. The fraction of sp³-hybridized carbons (Fsp3) is 0.312. The Morgan fingerprint density at radius 2 is 1.81 bits per heavy atom. The van der Waals surface area contributed by atoms with Gasteiger partial charge in [-0.15, -0.1) is 10.2 Å². The molecule has 27 heavy (non-hydrogen) atoms. The van der Waals surface area contributed by atoms with Crippen molar-refractivity contribution in [2.75, 3.05) is 0 Å². The second-order valence-electron chi connectivity index (χ2n) is 6.13. The molecule has 0 bridgehead atoms. The Morgan fingerprint density at radius 1 is 1.11 bits per heavy atom. The molecule has 1 aromatic carbocycles.